The van der Waals surface area contributed by atoms with E-state index in [2.05, 4.69) is 34.9 Å². The van der Waals surface area contributed by atoms with Crippen molar-refractivity contribution in [1.82, 2.24) is 10.6 Å². The third-order valence-electron chi connectivity index (χ3n) is 3.35. The molecule has 0 fully saturated rings. The molecule has 3 nitrogen and oxygen atoms in total. The number of carbonyl (C=O) groups is 1. The third-order valence-corrected chi connectivity index (χ3v) is 4.48. The molecule has 0 aliphatic rings. The summed E-state index contributed by atoms with van der Waals surface area (Å²) in [5, 5.41) is 6.04. The topological polar surface area (TPSA) is 41.1 Å². The summed E-state index contributed by atoms with van der Waals surface area (Å²) in [5.41, 5.74) is 1.14. The summed E-state index contributed by atoms with van der Waals surface area (Å²) in [7, 11) is 1.86. The zero-order valence-corrected chi connectivity index (χ0v) is 13.8. The van der Waals surface area contributed by atoms with E-state index in [1.807, 2.05) is 44.3 Å². The predicted molar refractivity (Wildman–Crippen MR) is 91.9 cm³/mol. The van der Waals surface area contributed by atoms with Crippen molar-refractivity contribution in [2.75, 3.05) is 13.6 Å². The lowest BCUT2D eigenvalue weighted by Gasteiger charge is -2.13. The van der Waals surface area contributed by atoms with Gasteiger partial charge in [-0.25, -0.2) is 0 Å². The average Bonchev–Trinajstić information content (AvgIpc) is 2.55. The first-order chi connectivity index (χ1) is 10.7. The number of amides is 1. The Kier molecular flexibility index (Phi) is 6.49. The van der Waals surface area contributed by atoms with E-state index in [0.29, 0.717) is 13.1 Å². The molecular formula is C18H22N2OS. The zero-order chi connectivity index (χ0) is 15.8. The second-order valence-corrected chi connectivity index (χ2v) is 6.31. The third kappa shape index (κ3) is 4.90. The molecule has 0 heterocycles. The van der Waals surface area contributed by atoms with E-state index in [1.165, 1.54) is 9.79 Å². The second kappa shape index (κ2) is 8.61. The van der Waals surface area contributed by atoms with Gasteiger partial charge in [-0.2, -0.15) is 0 Å². The molecule has 2 rings (SSSR count). The van der Waals surface area contributed by atoms with Crippen LogP contribution in [0.3, 0.4) is 0 Å². The molecule has 2 aromatic carbocycles. The molecule has 2 aromatic rings. The molecule has 4 heteroatoms. The van der Waals surface area contributed by atoms with Gasteiger partial charge in [0.15, 0.2) is 0 Å². The molecule has 0 aliphatic heterocycles. The van der Waals surface area contributed by atoms with Gasteiger partial charge in [0, 0.05) is 28.8 Å². The van der Waals surface area contributed by atoms with Crippen LogP contribution in [0.25, 0.3) is 0 Å². The van der Waals surface area contributed by atoms with Crippen LogP contribution in [0, 0.1) is 5.92 Å². The van der Waals surface area contributed by atoms with E-state index in [-0.39, 0.29) is 11.8 Å². The van der Waals surface area contributed by atoms with Crippen LogP contribution >= 0.6 is 11.8 Å². The SMILES string of the molecule is CNCC(C)C(=O)NCc1ccccc1Sc1ccccc1. The molecule has 1 atom stereocenters. The highest BCUT2D eigenvalue weighted by atomic mass is 32.2. The molecule has 1 amide bonds. The van der Waals surface area contributed by atoms with Gasteiger partial charge >= 0.3 is 0 Å². The summed E-state index contributed by atoms with van der Waals surface area (Å²) in [6, 6.07) is 18.5. The van der Waals surface area contributed by atoms with Gasteiger partial charge in [-0.1, -0.05) is 55.1 Å². The van der Waals surface area contributed by atoms with E-state index in [4.69, 9.17) is 0 Å². The molecule has 0 radical (unpaired) electrons. The summed E-state index contributed by atoms with van der Waals surface area (Å²) in [6.07, 6.45) is 0. The number of hydrogen-bond donors (Lipinski definition) is 2. The van der Waals surface area contributed by atoms with Gasteiger partial charge in [-0.3, -0.25) is 4.79 Å². The number of nitrogens with one attached hydrogen (secondary N) is 2. The van der Waals surface area contributed by atoms with Gasteiger partial charge in [0.2, 0.25) is 5.91 Å². The summed E-state index contributed by atoms with van der Waals surface area (Å²) >= 11 is 1.72. The second-order valence-electron chi connectivity index (χ2n) is 5.20. The van der Waals surface area contributed by atoms with Crippen molar-refractivity contribution >= 4 is 17.7 Å². The molecule has 0 saturated carbocycles. The van der Waals surface area contributed by atoms with Crippen LogP contribution < -0.4 is 10.6 Å². The summed E-state index contributed by atoms with van der Waals surface area (Å²) in [4.78, 5) is 14.4. The first-order valence-corrected chi connectivity index (χ1v) is 8.25. The lowest BCUT2D eigenvalue weighted by atomic mass is 10.1. The van der Waals surface area contributed by atoms with Crippen molar-refractivity contribution < 1.29 is 4.79 Å². The Morgan fingerprint density at radius 1 is 1.09 bits per heavy atom. The molecule has 0 bridgehead atoms. The Hall–Kier alpha value is -1.78. The standard InChI is InChI=1S/C18H22N2OS/c1-14(12-19-2)18(21)20-13-15-8-6-7-11-17(15)22-16-9-4-3-5-10-16/h3-11,14,19H,12-13H2,1-2H3,(H,20,21). The quantitative estimate of drug-likeness (QED) is 0.824. The van der Waals surface area contributed by atoms with E-state index < -0.39 is 0 Å². The van der Waals surface area contributed by atoms with Gasteiger partial charge in [0.1, 0.15) is 0 Å². The van der Waals surface area contributed by atoms with Gasteiger partial charge in [0.05, 0.1) is 0 Å². The van der Waals surface area contributed by atoms with Gasteiger partial charge in [0.25, 0.3) is 0 Å². The molecule has 1 unspecified atom stereocenters. The molecule has 0 spiro atoms. The number of benzene rings is 2. The Morgan fingerprint density at radius 2 is 1.77 bits per heavy atom. The fourth-order valence-corrected chi connectivity index (χ4v) is 3.09. The van der Waals surface area contributed by atoms with Crippen LogP contribution in [-0.2, 0) is 11.3 Å². The van der Waals surface area contributed by atoms with Crippen molar-refractivity contribution in [3.8, 4) is 0 Å². The van der Waals surface area contributed by atoms with E-state index >= 15 is 0 Å². The van der Waals surface area contributed by atoms with Crippen molar-refractivity contribution in [2.45, 2.75) is 23.3 Å². The van der Waals surface area contributed by atoms with E-state index in [1.54, 1.807) is 11.8 Å². The van der Waals surface area contributed by atoms with Crippen molar-refractivity contribution in [1.29, 1.82) is 0 Å². The Morgan fingerprint density at radius 3 is 2.50 bits per heavy atom. The predicted octanol–water partition coefficient (Wildman–Crippen LogP) is 3.31. The summed E-state index contributed by atoms with van der Waals surface area (Å²) < 4.78 is 0. The van der Waals surface area contributed by atoms with E-state index in [0.717, 1.165) is 5.56 Å². The van der Waals surface area contributed by atoms with Gasteiger partial charge < -0.3 is 10.6 Å². The van der Waals surface area contributed by atoms with Gasteiger partial charge in [-0.15, -0.1) is 0 Å². The minimum atomic E-state index is -0.0288. The highest BCUT2D eigenvalue weighted by Gasteiger charge is 2.12. The summed E-state index contributed by atoms with van der Waals surface area (Å²) in [5.74, 6) is 0.0489. The van der Waals surface area contributed by atoms with Crippen LogP contribution in [0.15, 0.2) is 64.4 Å². The average molecular weight is 314 g/mol. The molecular weight excluding hydrogens is 292 g/mol. The smallest absolute Gasteiger partial charge is 0.224 e. The maximum atomic E-state index is 12.0. The van der Waals surface area contributed by atoms with Crippen molar-refractivity contribution in [3.63, 3.8) is 0 Å². The van der Waals surface area contributed by atoms with E-state index in [9.17, 15) is 4.79 Å². The molecule has 0 aromatic heterocycles. The fraction of sp³-hybridized carbons (Fsp3) is 0.278. The Labute approximate surface area is 136 Å². The van der Waals surface area contributed by atoms with Crippen molar-refractivity contribution in [3.05, 3.63) is 60.2 Å². The fourth-order valence-electron chi connectivity index (χ4n) is 2.12. The monoisotopic (exact) mass is 314 g/mol. The normalized spacial score (nSPS) is 11.9. The highest BCUT2D eigenvalue weighted by Crippen LogP contribution is 2.30. The highest BCUT2D eigenvalue weighted by molar-refractivity contribution is 7.99. The maximum absolute atomic E-state index is 12.0. The van der Waals surface area contributed by atoms with Crippen LogP contribution in [0.2, 0.25) is 0 Å². The minimum absolute atomic E-state index is 0.0288. The molecule has 2 N–H and O–H groups in total. The van der Waals surface area contributed by atoms with Crippen LogP contribution in [0.4, 0.5) is 0 Å². The minimum Gasteiger partial charge on any atom is -0.352 e. The first kappa shape index (κ1) is 16.6. The van der Waals surface area contributed by atoms with Crippen LogP contribution in [0.1, 0.15) is 12.5 Å². The maximum Gasteiger partial charge on any atom is 0.224 e. The zero-order valence-electron chi connectivity index (χ0n) is 13.0. The molecule has 22 heavy (non-hydrogen) atoms. The Balaban J connectivity index is 2.01. The van der Waals surface area contributed by atoms with Crippen LogP contribution in [0.5, 0.6) is 0 Å². The van der Waals surface area contributed by atoms with Gasteiger partial charge in [-0.05, 0) is 30.8 Å². The van der Waals surface area contributed by atoms with Crippen molar-refractivity contribution in [2.24, 2.45) is 5.92 Å². The Bertz CT molecular complexity index is 601. The molecule has 116 valence electrons. The summed E-state index contributed by atoms with van der Waals surface area (Å²) in [6.45, 7) is 3.17. The molecule has 0 saturated heterocycles. The lowest BCUT2D eigenvalue weighted by molar-refractivity contribution is -0.124. The number of hydrogen-bond acceptors (Lipinski definition) is 3. The largest absolute Gasteiger partial charge is 0.352 e. The van der Waals surface area contributed by atoms with Crippen LogP contribution in [-0.4, -0.2) is 19.5 Å². The molecule has 0 aliphatic carbocycles. The first-order valence-electron chi connectivity index (χ1n) is 7.44. The number of rotatable bonds is 7. The lowest BCUT2D eigenvalue weighted by Crippen LogP contribution is -2.34. The number of carbonyl (C=O) groups excluding carboxylic acids is 1.